The number of hydrogen-bond donors (Lipinski definition) is 0. The smallest absolute Gasteiger partial charge is 0.228 e. The summed E-state index contributed by atoms with van der Waals surface area (Å²) < 4.78 is 9.38. The van der Waals surface area contributed by atoms with Crippen molar-refractivity contribution in [1.82, 2.24) is 0 Å². The Morgan fingerprint density at radius 1 is 0.775 bits per heavy atom. The molecule has 0 radical (unpaired) electrons. The zero-order chi connectivity index (χ0) is 28.7. The highest BCUT2D eigenvalue weighted by Crippen LogP contribution is 2.53. The normalized spacial score (nSPS) is 13.4. The van der Waals surface area contributed by atoms with Gasteiger partial charge in [-0.15, -0.1) is 0 Å². The quantitative estimate of drug-likeness (QED) is 0.164. The van der Waals surface area contributed by atoms with Crippen LogP contribution >= 0.6 is 0 Å². The summed E-state index contributed by atoms with van der Waals surface area (Å²) in [4.78, 5) is 0. The van der Waals surface area contributed by atoms with E-state index < -0.39 is 0 Å². The van der Waals surface area contributed by atoms with E-state index in [0.29, 0.717) is 5.92 Å². The predicted molar refractivity (Wildman–Crippen MR) is 171 cm³/mol. The molecule has 0 spiro atoms. The molecule has 0 unspecified atom stereocenters. The Bertz CT molecular complexity index is 1830. The van der Waals surface area contributed by atoms with Crippen LogP contribution in [-0.2, 0) is 19.9 Å². The Kier molecular flexibility index (Phi) is 6.07. The summed E-state index contributed by atoms with van der Waals surface area (Å²) in [5, 5.41) is 7.70. The minimum atomic E-state index is 0.118. The molecule has 206 valence electrons. The van der Waals surface area contributed by atoms with Crippen molar-refractivity contribution in [3.05, 3.63) is 77.0 Å². The largest absolute Gasteiger partial charge is 0.455 e. The van der Waals surface area contributed by atoms with Crippen molar-refractivity contribution in [2.45, 2.75) is 81.1 Å². The molecule has 1 aliphatic heterocycles. The van der Waals surface area contributed by atoms with Crippen LogP contribution < -0.4 is 9.30 Å². The molecule has 1 aliphatic rings. The van der Waals surface area contributed by atoms with Crippen LogP contribution in [-0.4, -0.2) is 0 Å². The van der Waals surface area contributed by atoms with Crippen molar-refractivity contribution in [2.24, 2.45) is 17.9 Å². The van der Waals surface area contributed by atoms with E-state index in [2.05, 4.69) is 129 Å². The Morgan fingerprint density at radius 3 is 2.15 bits per heavy atom. The summed E-state index contributed by atoms with van der Waals surface area (Å²) >= 11 is 0. The van der Waals surface area contributed by atoms with Gasteiger partial charge < -0.3 is 4.74 Å². The van der Waals surface area contributed by atoms with E-state index in [0.717, 1.165) is 24.3 Å². The molecule has 0 amide bonds. The highest BCUT2D eigenvalue weighted by molar-refractivity contribution is 6.16. The maximum atomic E-state index is 7.08. The molecular formula is C38H44NO+. The van der Waals surface area contributed by atoms with Gasteiger partial charge in [0, 0.05) is 17.0 Å². The number of aromatic nitrogens is 1. The van der Waals surface area contributed by atoms with Gasteiger partial charge in [-0.05, 0) is 80.8 Å². The number of nitrogens with zero attached hydrogens (tertiary/aromatic N) is 1. The molecule has 5 aromatic rings. The van der Waals surface area contributed by atoms with Gasteiger partial charge in [0.05, 0.1) is 10.9 Å². The van der Waals surface area contributed by atoms with Gasteiger partial charge in [-0.25, -0.2) is 4.57 Å². The molecular weight excluding hydrogens is 486 g/mol. The number of benzene rings is 4. The fourth-order valence-corrected chi connectivity index (χ4v) is 6.70. The summed E-state index contributed by atoms with van der Waals surface area (Å²) in [6, 6.07) is 18.6. The number of aryl methyl sites for hydroxylation is 2. The maximum Gasteiger partial charge on any atom is 0.228 e. The van der Waals surface area contributed by atoms with E-state index in [1.54, 1.807) is 0 Å². The topological polar surface area (TPSA) is 13.1 Å². The molecule has 0 aliphatic carbocycles. The third kappa shape index (κ3) is 4.46. The summed E-state index contributed by atoms with van der Waals surface area (Å²) in [6.07, 6.45) is 4.24. The van der Waals surface area contributed by atoms with Gasteiger partial charge in [0.15, 0.2) is 6.20 Å². The van der Waals surface area contributed by atoms with Crippen LogP contribution in [0.1, 0.15) is 83.6 Å². The van der Waals surface area contributed by atoms with Crippen molar-refractivity contribution in [1.29, 1.82) is 0 Å². The molecule has 2 heterocycles. The van der Waals surface area contributed by atoms with E-state index in [9.17, 15) is 0 Å². The highest BCUT2D eigenvalue weighted by atomic mass is 16.5. The van der Waals surface area contributed by atoms with Gasteiger partial charge >= 0.3 is 0 Å². The van der Waals surface area contributed by atoms with Gasteiger partial charge in [-0.3, -0.25) is 0 Å². The Balaban J connectivity index is 1.73. The SMILES string of the molecule is Cc1c2c(c(CC(C)(C)C)c3ccc(CC(C)(C)C)cc13)Oc1cc3cc(C(C)C)ccc3c3cc[n+](C)c-2c13. The zero-order valence-corrected chi connectivity index (χ0v) is 26.0. The van der Waals surface area contributed by atoms with Gasteiger partial charge in [0.2, 0.25) is 5.69 Å². The molecule has 0 bridgehead atoms. The molecule has 4 aromatic carbocycles. The lowest BCUT2D eigenvalue weighted by molar-refractivity contribution is -0.659. The first-order chi connectivity index (χ1) is 18.7. The summed E-state index contributed by atoms with van der Waals surface area (Å²) in [5.74, 6) is 2.50. The number of hydrogen-bond acceptors (Lipinski definition) is 1. The van der Waals surface area contributed by atoms with Crippen LogP contribution in [0.2, 0.25) is 0 Å². The van der Waals surface area contributed by atoms with E-state index in [1.807, 2.05) is 0 Å². The van der Waals surface area contributed by atoms with Crippen LogP contribution in [0.25, 0.3) is 43.6 Å². The van der Waals surface area contributed by atoms with E-state index in [-0.39, 0.29) is 10.8 Å². The first kappa shape index (κ1) is 26.8. The molecule has 0 N–H and O–H groups in total. The van der Waals surface area contributed by atoms with Crippen LogP contribution in [0, 0.1) is 17.8 Å². The summed E-state index contributed by atoms with van der Waals surface area (Å²) in [7, 11) is 2.18. The van der Waals surface area contributed by atoms with E-state index >= 15 is 0 Å². The van der Waals surface area contributed by atoms with Gasteiger partial charge in [0.25, 0.3) is 0 Å². The fourth-order valence-electron chi connectivity index (χ4n) is 6.70. The van der Waals surface area contributed by atoms with Crippen LogP contribution in [0.5, 0.6) is 11.5 Å². The van der Waals surface area contributed by atoms with Crippen LogP contribution in [0.4, 0.5) is 0 Å². The Hall–Kier alpha value is -3.39. The molecule has 2 heteroatoms. The number of ether oxygens (including phenoxy) is 1. The van der Waals surface area contributed by atoms with Gasteiger partial charge in [-0.1, -0.05) is 91.8 Å². The summed E-state index contributed by atoms with van der Waals surface area (Å²) in [5.41, 5.74) is 8.26. The lowest BCUT2D eigenvalue weighted by Crippen LogP contribution is -2.32. The minimum absolute atomic E-state index is 0.118. The van der Waals surface area contributed by atoms with Crippen molar-refractivity contribution in [2.75, 3.05) is 0 Å². The fraction of sp³-hybridized carbons (Fsp3) is 0.395. The molecule has 0 saturated carbocycles. The number of pyridine rings is 1. The maximum absolute atomic E-state index is 7.08. The Morgan fingerprint density at radius 2 is 1.48 bits per heavy atom. The monoisotopic (exact) mass is 530 g/mol. The highest BCUT2D eigenvalue weighted by Gasteiger charge is 2.34. The van der Waals surface area contributed by atoms with Gasteiger partial charge in [0.1, 0.15) is 18.5 Å². The molecule has 6 rings (SSSR count). The van der Waals surface area contributed by atoms with Crippen molar-refractivity contribution < 1.29 is 9.30 Å². The predicted octanol–water partition coefficient (Wildman–Crippen LogP) is 10.4. The van der Waals surface area contributed by atoms with Crippen molar-refractivity contribution in [3.63, 3.8) is 0 Å². The van der Waals surface area contributed by atoms with E-state index in [1.165, 1.54) is 65.8 Å². The third-order valence-electron chi connectivity index (χ3n) is 8.47. The average Bonchev–Trinajstić information content (AvgIpc) is 2.85. The Labute approximate surface area is 240 Å². The average molecular weight is 531 g/mol. The second kappa shape index (κ2) is 9.06. The van der Waals surface area contributed by atoms with Crippen molar-refractivity contribution >= 4 is 32.3 Å². The zero-order valence-electron chi connectivity index (χ0n) is 26.0. The lowest BCUT2D eigenvalue weighted by Gasteiger charge is -2.29. The van der Waals surface area contributed by atoms with Crippen LogP contribution in [0.15, 0.2) is 54.7 Å². The minimum Gasteiger partial charge on any atom is -0.455 e. The van der Waals surface area contributed by atoms with E-state index in [4.69, 9.17) is 4.74 Å². The third-order valence-corrected chi connectivity index (χ3v) is 8.47. The first-order valence-corrected chi connectivity index (χ1v) is 14.9. The standard InChI is InChI=1S/C38H44NO/c1-22(2)25-12-14-27-26(18-25)19-32-34-29(27)15-16-39(10)35(34)33-23(3)30-17-24(20-37(4,5)6)11-13-28(30)31(36(33)40-32)21-38(7,8)9/h11-19,22H,20-21H2,1-10H3/q+1. The number of rotatable bonds is 3. The molecule has 0 atom stereocenters. The summed E-state index contributed by atoms with van der Waals surface area (Å²) in [6.45, 7) is 20.8. The lowest BCUT2D eigenvalue weighted by atomic mass is 9.80. The molecule has 1 aromatic heterocycles. The van der Waals surface area contributed by atoms with Gasteiger partial charge in [-0.2, -0.15) is 0 Å². The first-order valence-electron chi connectivity index (χ1n) is 14.9. The molecule has 0 fully saturated rings. The second-order valence-corrected chi connectivity index (χ2v) is 14.8. The van der Waals surface area contributed by atoms with Crippen molar-refractivity contribution in [3.8, 4) is 22.8 Å². The number of fused-ring (bicyclic) bond motifs is 5. The second-order valence-electron chi connectivity index (χ2n) is 14.8. The molecule has 40 heavy (non-hydrogen) atoms. The molecule has 2 nitrogen and oxygen atoms in total. The van der Waals surface area contributed by atoms with Crippen LogP contribution in [0.3, 0.4) is 0 Å². The molecule has 0 saturated heterocycles.